The quantitative estimate of drug-likeness (QED) is 0.370. The molecule has 174 valence electrons. The first kappa shape index (κ1) is 22.3. The van der Waals surface area contributed by atoms with Crippen LogP contribution in [0.25, 0.3) is 22.3 Å². The van der Waals surface area contributed by atoms with Gasteiger partial charge in [0.15, 0.2) is 5.60 Å². The number of ether oxygens (including phenoxy) is 1. The first-order valence-corrected chi connectivity index (χ1v) is 11.4. The number of carbonyl (C=O) groups is 1. The van der Waals surface area contributed by atoms with Crippen LogP contribution >= 0.6 is 0 Å². The number of nitrogens with zero attached hydrogens (tertiary/aromatic N) is 4. The fourth-order valence-electron chi connectivity index (χ4n) is 4.83. The molecule has 8 heteroatoms. The molecule has 0 spiro atoms. The van der Waals surface area contributed by atoms with E-state index in [2.05, 4.69) is 23.7 Å². The summed E-state index contributed by atoms with van der Waals surface area (Å²) in [4.78, 5) is 37.1. The van der Waals surface area contributed by atoms with Crippen LogP contribution in [0.4, 0.5) is 0 Å². The highest BCUT2D eigenvalue weighted by Crippen LogP contribution is 2.40. The van der Waals surface area contributed by atoms with Gasteiger partial charge in [0.1, 0.15) is 12.3 Å². The Balaban J connectivity index is 1.70. The number of cyclic esters (lactones) is 1. The molecule has 0 fully saturated rings. The van der Waals surface area contributed by atoms with Crippen LogP contribution in [-0.4, -0.2) is 51.2 Å². The zero-order valence-corrected chi connectivity index (χ0v) is 19.7. The van der Waals surface area contributed by atoms with E-state index in [0.717, 1.165) is 28.5 Å². The highest BCUT2D eigenvalue weighted by Gasteiger charge is 2.45. The van der Waals surface area contributed by atoms with Crippen molar-refractivity contribution in [2.45, 2.75) is 45.4 Å². The van der Waals surface area contributed by atoms with Crippen molar-refractivity contribution in [3.05, 3.63) is 56.6 Å². The van der Waals surface area contributed by atoms with Crippen LogP contribution < -0.4 is 5.56 Å². The van der Waals surface area contributed by atoms with Gasteiger partial charge in [-0.05, 0) is 50.6 Å². The number of pyridine rings is 3. The van der Waals surface area contributed by atoms with Gasteiger partial charge in [0.2, 0.25) is 0 Å². The smallest absolute Gasteiger partial charge is 0.343 e. The topological polar surface area (TPSA) is 97.5 Å². The molecule has 3 aromatic heterocycles. The SMILES string of the molecule is CCc1c2c(nc3cnc(C#CCN(C)C)cc13)-c1cc3c(c(=O)n1C2)COC(=O)[C@]3(O)CC. The third-order valence-electron chi connectivity index (χ3n) is 6.66. The Hall–Kier alpha value is -3.54. The summed E-state index contributed by atoms with van der Waals surface area (Å²) >= 11 is 0. The summed E-state index contributed by atoms with van der Waals surface area (Å²) in [6, 6.07) is 3.70. The molecule has 5 heterocycles. The fraction of sp³-hybridized carbons (Fsp3) is 0.385. The average Bonchev–Trinajstić information content (AvgIpc) is 3.18. The number of hydrogen-bond acceptors (Lipinski definition) is 7. The van der Waals surface area contributed by atoms with Crippen molar-refractivity contribution in [1.29, 1.82) is 0 Å². The number of hydrogen-bond donors (Lipinski definition) is 1. The monoisotopic (exact) mass is 458 g/mol. The van der Waals surface area contributed by atoms with Crippen molar-refractivity contribution < 1.29 is 14.6 Å². The second-order valence-electron chi connectivity index (χ2n) is 9.00. The summed E-state index contributed by atoms with van der Waals surface area (Å²) in [5, 5.41) is 12.0. The van der Waals surface area contributed by atoms with E-state index in [1.54, 1.807) is 23.8 Å². The van der Waals surface area contributed by atoms with Gasteiger partial charge in [-0.25, -0.2) is 14.8 Å². The minimum absolute atomic E-state index is 0.113. The Morgan fingerprint density at radius 1 is 1.24 bits per heavy atom. The summed E-state index contributed by atoms with van der Waals surface area (Å²) < 4.78 is 6.82. The van der Waals surface area contributed by atoms with Crippen LogP contribution in [0.5, 0.6) is 0 Å². The summed E-state index contributed by atoms with van der Waals surface area (Å²) in [7, 11) is 3.93. The van der Waals surface area contributed by atoms with Gasteiger partial charge in [0, 0.05) is 16.5 Å². The van der Waals surface area contributed by atoms with E-state index >= 15 is 0 Å². The second kappa shape index (κ2) is 8.05. The summed E-state index contributed by atoms with van der Waals surface area (Å²) in [5.74, 6) is 5.50. The maximum atomic E-state index is 13.4. The van der Waals surface area contributed by atoms with Crippen LogP contribution in [0.15, 0.2) is 23.1 Å². The highest BCUT2D eigenvalue weighted by molar-refractivity contribution is 5.89. The Bertz CT molecular complexity index is 1480. The Morgan fingerprint density at radius 2 is 2.03 bits per heavy atom. The normalized spacial score (nSPS) is 18.2. The van der Waals surface area contributed by atoms with Gasteiger partial charge in [-0.1, -0.05) is 19.8 Å². The first-order valence-electron chi connectivity index (χ1n) is 11.4. The second-order valence-corrected chi connectivity index (χ2v) is 9.00. The van der Waals surface area contributed by atoms with Crippen molar-refractivity contribution in [2.24, 2.45) is 0 Å². The number of aromatic nitrogens is 3. The van der Waals surface area contributed by atoms with Gasteiger partial charge >= 0.3 is 5.97 Å². The van der Waals surface area contributed by atoms with E-state index in [4.69, 9.17) is 9.72 Å². The molecule has 0 unspecified atom stereocenters. The number of rotatable bonds is 3. The molecule has 0 saturated heterocycles. The lowest BCUT2D eigenvalue weighted by atomic mass is 9.86. The molecule has 2 aliphatic heterocycles. The van der Waals surface area contributed by atoms with Crippen molar-refractivity contribution in [2.75, 3.05) is 20.6 Å². The maximum Gasteiger partial charge on any atom is 0.343 e. The summed E-state index contributed by atoms with van der Waals surface area (Å²) in [6.45, 7) is 4.65. The highest BCUT2D eigenvalue weighted by atomic mass is 16.6. The summed E-state index contributed by atoms with van der Waals surface area (Å²) in [6.07, 6.45) is 2.58. The Labute approximate surface area is 197 Å². The van der Waals surface area contributed by atoms with Gasteiger partial charge in [-0.2, -0.15) is 0 Å². The number of carbonyl (C=O) groups excluding carboxylic acids is 1. The zero-order valence-electron chi connectivity index (χ0n) is 19.7. The van der Waals surface area contributed by atoms with E-state index in [-0.39, 0.29) is 18.6 Å². The fourth-order valence-corrected chi connectivity index (χ4v) is 4.83. The molecule has 1 atom stereocenters. The van der Waals surface area contributed by atoms with Crippen molar-refractivity contribution in [3.8, 4) is 23.2 Å². The molecule has 0 saturated carbocycles. The van der Waals surface area contributed by atoms with E-state index < -0.39 is 11.6 Å². The Morgan fingerprint density at radius 3 is 2.74 bits per heavy atom. The largest absolute Gasteiger partial charge is 0.458 e. The maximum absolute atomic E-state index is 13.4. The molecule has 3 aromatic rings. The third kappa shape index (κ3) is 3.23. The molecule has 0 amide bonds. The minimum atomic E-state index is -1.84. The van der Waals surface area contributed by atoms with Gasteiger partial charge in [0.05, 0.1) is 41.8 Å². The number of aryl methyl sites for hydroxylation is 1. The lowest BCUT2D eigenvalue weighted by molar-refractivity contribution is -0.172. The van der Waals surface area contributed by atoms with Crippen molar-refractivity contribution in [3.63, 3.8) is 0 Å². The zero-order chi connectivity index (χ0) is 24.2. The van der Waals surface area contributed by atoms with Gasteiger partial charge in [-0.3, -0.25) is 9.69 Å². The van der Waals surface area contributed by atoms with Crippen LogP contribution in [0, 0.1) is 11.8 Å². The molecule has 0 aromatic carbocycles. The predicted octanol–water partition coefficient (Wildman–Crippen LogP) is 1.95. The molecule has 0 radical (unpaired) electrons. The molecule has 0 bridgehead atoms. The van der Waals surface area contributed by atoms with Crippen molar-refractivity contribution >= 4 is 16.9 Å². The van der Waals surface area contributed by atoms with E-state index in [0.29, 0.717) is 41.3 Å². The average molecular weight is 459 g/mol. The van der Waals surface area contributed by atoms with Gasteiger partial charge < -0.3 is 14.4 Å². The molecule has 1 N–H and O–H groups in total. The molecule has 2 aliphatic rings. The number of fused-ring (bicyclic) bond motifs is 5. The summed E-state index contributed by atoms with van der Waals surface area (Å²) in [5.41, 5.74) is 3.30. The Kier molecular flexibility index (Phi) is 5.27. The van der Waals surface area contributed by atoms with Gasteiger partial charge in [-0.15, -0.1) is 0 Å². The first-order chi connectivity index (χ1) is 16.3. The van der Waals surface area contributed by atoms with Crippen LogP contribution in [0.2, 0.25) is 0 Å². The minimum Gasteiger partial charge on any atom is -0.458 e. The number of esters is 1. The molecule has 34 heavy (non-hydrogen) atoms. The van der Waals surface area contributed by atoms with E-state index in [9.17, 15) is 14.7 Å². The predicted molar refractivity (Wildman–Crippen MR) is 127 cm³/mol. The standard InChI is InChI=1S/C26H26N4O4/c1-5-16-17-10-15(8-7-9-29(3)4)27-12-21(17)28-23-18(16)13-30-22(23)11-20-19(24(30)31)14-34-25(32)26(20,33)6-2/h10-12,33H,5-6,9,13-14H2,1-4H3/t26-/m0/s1. The van der Waals surface area contributed by atoms with Gasteiger partial charge in [0.25, 0.3) is 5.56 Å². The molecular weight excluding hydrogens is 432 g/mol. The molecule has 8 nitrogen and oxygen atoms in total. The van der Waals surface area contributed by atoms with Crippen LogP contribution in [0.1, 0.15) is 48.2 Å². The lowest BCUT2D eigenvalue weighted by Gasteiger charge is -2.31. The lowest BCUT2D eigenvalue weighted by Crippen LogP contribution is -2.44. The van der Waals surface area contributed by atoms with Crippen molar-refractivity contribution in [1.82, 2.24) is 19.4 Å². The van der Waals surface area contributed by atoms with E-state index in [1.807, 2.05) is 25.1 Å². The number of aliphatic hydroxyl groups is 1. The van der Waals surface area contributed by atoms with Crippen LogP contribution in [-0.2, 0) is 34.7 Å². The molecule has 0 aliphatic carbocycles. The van der Waals surface area contributed by atoms with Crippen LogP contribution in [0.3, 0.4) is 0 Å². The molecule has 5 rings (SSSR count). The third-order valence-corrected chi connectivity index (χ3v) is 6.66. The molecular formula is C26H26N4O4. The van der Waals surface area contributed by atoms with E-state index in [1.165, 1.54) is 0 Å².